The number of allylic oxidation sites excluding steroid dienone is 2. The van der Waals surface area contributed by atoms with Gasteiger partial charge in [0.25, 0.3) is 5.91 Å². The van der Waals surface area contributed by atoms with Crippen LogP contribution in [0.4, 0.5) is 35.1 Å². The molecule has 210 valence electrons. The first kappa shape index (κ1) is 30.8. The number of hydrogen-bond acceptors (Lipinski definition) is 1. The minimum Gasteiger partial charge on any atom is -0.338 e. The van der Waals surface area contributed by atoms with Crippen LogP contribution in [-0.4, -0.2) is 12.1 Å². The first-order valence-corrected chi connectivity index (χ1v) is 12.2. The van der Waals surface area contributed by atoms with Gasteiger partial charge >= 0.3 is 12.4 Å². The normalized spacial score (nSPS) is 14.2. The van der Waals surface area contributed by atoms with Crippen molar-refractivity contribution in [2.45, 2.75) is 24.3 Å². The Balaban J connectivity index is 2.28. The first-order chi connectivity index (χ1) is 18.7. The number of alkyl halides is 6. The van der Waals surface area contributed by atoms with E-state index in [1.807, 2.05) is 0 Å². The van der Waals surface area contributed by atoms with Crippen LogP contribution in [0.3, 0.4) is 0 Å². The van der Waals surface area contributed by atoms with Crippen molar-refractivity contribution in [3.05, 3.63) is 142 Å². The van der Waals surface area contributed by atoms with Gasteiger partial charge in [-0.1, -0.05) is 65.0 Å². The molecule has 0 aliphatic heterocycles. The van der Waals surface area contributed by atoms with Crippen molar-refractivity contribution in [1.82, 2.24) is 5.32 Å². The van der Waals surface area contributed by atoms with Gasteiger partial charge in [0.15, 0.2) is 0 Å². The SMILES string of the molecule is C=C(/C=C(\C=C\F)C(F)(F)F)[C@](Cc1ccccc1)(NC(=O)c1ccc(F)c(C(F)(F)F)c1)c1cccc(Br)c1. The zero-order chi connectivity index (χ0) is 29.7. The Bertz CT molecular complexity index is 1440. The molecule has 3 rings (SSSR count). The van der Waals surface area contributed by atoms with Crippen molar-refractivity contribution in [1.29, 1.82) is 0 Å². The zero-order valence-corrected chi connectivity index (χ0v) is 22.0. The summed E-state index contributed by atoms with van der Waals surface area (Å²) in [5.41, 5.74) is -5.24. The van der Waals surface area contributed by atoms with E-state index >= 15 is 0 Å². The third-order valence-electron chi connectivity index (χ3n) is 5.94. The van der Waals surface area contributed by atoms with Crippen LogP contribution in [0.5, 0.6) is 0 Å². The highest BCUT2D eigenvalue weighted by atomic mass is 79.9. The molecule has 0 radical (unpaired) electrons. The molecule has 0 unspecified atom stereocenters. The van der Waals surface area contributed by atoms with Crippen LogP contribution >= 0.6 is 15.9 Å². The Kier molecular flexibility index (Phi) is 9.40. The second-order valence-electron chi connectivity index (χ2n) is 8.64. The number of rotatable bonds is 8. The molecule has 0 aliphatic rings. The van der Waals surface area contributed by atoms with E-state index < -0.39 is 46.3 Å². The topological polar surface area (TPSA) is 29.1 Å². The summed E-state index contributed by atoms with van der Waals surface area (Å²) in [5, 5.41) is 2.56. The molecule has 0 aromatic heterocycles. The summed E-state index contributed by atoms with van der Waals surface area (Å²) < 4.78 is 108. The van der Waals surface area contributed by atoms with Crippen molar-refractivity contribution in [2.75, 3.05) is 0 Å². The highest BCUT2D eigenvalue weighted by Crippen LogP contribution is 2.38. The molecule has 3 aromatic rings. The Hall–Kier alpha value is -3.73. The summed E-state index contributed by atoms with van der Waals surface area (Å²) in [5.74, 6) is -2.75. The van der Waals surface area contributed by atoms with E-state index in [-0.39, 0.29) is 30.0 Å². The predicted octanol–water partition coefficient (Wildman–Crippen LogP) is 9.00. The van der Waals surface area contributed by atoms with E-state index in [4.69, 9.17) is 0 Å². The van der Waals surface area contributed by atoms with Crippen molar-refractivity contribution in [3.8, 4) is 0 Å². The second kappa shape index (κ2) is 12.2. The van der Waals surface area contributed by atoms with E-state index in [2.05, 4.69) is 27.8 Å². The summed E-state index contributed by atoms with van der Waals surface area (Å²) in [6.45, 7) is 3.78. The molecular formula is C29H20BrF8NO. The average molecular weight is 630 g/mol. The summed E-state index contributed by atoms with van der Waals surface area (Å²) >= 11 is 3.28. The maximum Gasteiger partial charge on any atom is 0.419 e. The fourth-order valence-corrected chi connectivity index (χ4v) is 4.41. The maximum absolute atomic E-state index is 13.9. The van der Waals surface area contributed by atoms with Crippen LogP contribution in [0.15, 0.2) is 113 Å². The van der Waals surface area contributed by atoms with Crippen LogP contribution in [-0.2, 0) is 18.1 Å². The van der Waals surface area contributed by atoms with Gasteiger partial charge in [0.2, 0.25) is 0 Å². The maximum atomic E-state index is 13.9. The van der Waals surface area contributed by atoms with Gasteiger partial charge in [0, 0.05) is 16.5 Å². The molecule has 0 heterocycles. The van der Waals surface area contributed by atoms with E-state index in [0.717, 1.165) is 6.07 Å². The molecule has 0 spiro atoms. The molecule has 0 bridgehead atoms. The lowest BCUT2D eigenvalue weighted by Gasteiger charge is -2.37. The third kappa shape index (κ3) is 7.26. The molecule has 0 aliphatic carbocycles. The number of nitrogens with one attached hydrogen (secondary N) is 1. The van der Waals surface area contributed by atoms with Crippen LogP contribution < -0.4 is 5.32 Å². The van der Waals surface area contributed by atoms with Gasteiger partial charge in [-0.05, 0) is 59.2 Å². The number of halogens is 9. The molecular weight excluding hydrogens is 610 g/mol. The minimum atomic E-state index is -5.11. The highest BCUT2D eigenvalue weighted by molar-refractivity contribution is 9.10. The van der Waals surface area contributed by atoms with E-state index in [9.17, 15) is 39.9 Å². The molecule has 0 fully saturated rings. The van der Waals surface area contributed by atoms with Crippen molar-refractivity contribution in [2.24, 2.45) is 0 Å². The smallest absolute Gasteiger partial charge is 0.338 e. The van der Waals surface area contributed by atoms with Crippen LogP contribution in [0.1, 0.15) is 27.0 Å². The molecule has 0 saturated carbocycles. The summed E-state index contributed by atoms with van der Waals surface area (Å²) in [4.78, 5) is 13.4. The third-order valence-corrected chi connectivity index (χ3v) is 6.43. The quantitative estimate of drug-likeness (QED) is 0.195. The molecule has 1 atom stereocenters. The largest absolute Gasteiger partial charge is 0.419 e. The van der Waals surface area contributed by atoms with E-state index in [0.29, 0.717) is 28.2 Å². The van der Waals surface area contributed by atoms with E-state index in [1.54, 1.807) is 36.4 Å². The molecule has 40 heavy (non-hydrogen) atoms. The van der Waals surface area contributed by atoms with Crippen LogP contribution in [0, 0.1) is 5.82 Å². The van der Waals surface area contributed by atoms with Crippen LogP contribution in [0.25, 0.3) is 0 Å². The first-order valence-electron chi connectivity index (χ1n) is 11.4. The molecule has 0 saturated heterocycles. The van der Waals surface area contributed by atoms with Gasteiger partial charge in [0.05, 0.1) is 23.0 Å². The standard InChI is InChI=1S/C29H20BrF8NO/c1-18(14-22(12-13-31)28(33,34)35)27(17-19-6-3-2-4-7-19,21-8-5-9-23(30)16-21)39-26(40)20-10-11-25(32)24(15-20)29(36,37)38/h2-16H,1,17H2,(H,39,40)/b13-12+,22-14+/t27-/m0/s1. The Morgan fingerprint density at radius 3 is 2.17 bits per heavy atom. The molecule has 2 nitrogen and oxygen atoms in total. The average Bonchev–Trinajstić information content (AvgIpc) is 2.87. The fraction of sp³-hybridized carbons (Fsp3) is 0.138. The molecule has 1 amide bonds. The van der Waals surface area contributed by atoms with Gasteiger partial charge < -0.3 is 5.32 Å². The summed E-state index contributed by atoms with van der Waals surface area (Å²) in [7, 11) is 0. The number of benzene rings is 3. The predicted molar refractivity (Wildman–Crippen MR) is 138 cm³/mol. The Morgan fingerprint density at radius 2 is 1.60 bits per heavy atom. The zero-order valence-electron chi connectivity index (χ0n) is 20.4. The van der Waals surface area contributed by atoms with Gasteiger partial charge in [-0.3, -0.25) is 4.79 Å². The highest BCUT2D eigenvalue weighted by Gasteiger charge is 2.40. The second-order valence-corrected chi connectivity index (χ2v) is 9.56. The molecule has 1 N–H and O–H groups in total. The van der Waals surface area contributed by atoms with Gasteiger partial charge in [-0.2, -0.15) is 26.3 Å². The van der Waals surface area contributed by atoms with Gasteiger partial charge in [-0.25, -0.2) is 8.78 Å². The Labute approximate surface area is 232 Å². The number of amides is 1. The van der Waals surface area contributed by atoms with Gasteiger partial charge in [0.1, 0.15) is 5.82 Å². The van der Waals surface area contributed by atoms with Crippen molar-refractivity contribution < 1.29 is 39.9 Å². The summed E-state index contributed by atoms with van der Waals surface area (Å²) in [6, 6.07) is 15.9. The van der Waals surface area contributed by atoms with Crippen molar-refractivity contribution >= 4 is 21.8 Å². The molecule has 3 aromatic carbocycles. The number of carbonyl (C=O) groups excluding carboxylic acids is 1. The van der Waals surface area contributed by atoms with Crippen LogP contribution in [0.2, 0.25) is 0 Å². The van der Waals surface area contributed by atoms with E-state index in [1.165, 1.54) is 18.2 Å². The minimum absolute atomic E-state index is 0.177. The lowest BCUT2D eigenvalue weighted by atomic mass is 9.77. The summed E-state index contributed by atoms with van der Waals surface area (Å²) in [6.07, 6.45) is -9.91. The van der Waals surface area contributed by atoms with Gasteiger partial charge in [-0.15, -0.1) is 0 Å². The number of hydrogen-bond donors (Lipinski definition) is 1. The lowest BCUT2D eigenvalue weighted by Crippen LogP contribution is -2.49. The fourth-order valence-electron chi connectivity index (χ4n) is 4.01. The Morgan fingerprint density at radius 1 is 0.925 bits per heavy atom. The monoisotopic (exact) mass is 629 g/mol. The number of carbonyl (C=O) groups is 1. The lowest BCUT2D eigenvalue weighted by molar-refractivity contribution is -0.140. The molecule has 11 heteroatoms. The van der Waals surface area contributed by atoms with Crippen molar-refractivity contribution in [3.63, 3.8) is 0 Å².